The van der Waals surface area contributed by atoms with Crippen LogP contribution in [0.25, 0.3) is 0 Å². The van der Waals surface area contributed by atoms with Gasteiger partial charge in [0.2, 0.25) is 0 Å². The molecule has 21 heavy (non-hydrogen) atoms. The molecule has 0 spiro atoms. The van der Waals surface area contributed by atoms with E-state index in [1.54, 1.807) is 13.8 Å². The van der Waals surface area contributed by atoms with Crippen molar-refractivity contribution in [2.75, 3.05) is 27.4 Å². The fraction of sp³-hybridized carbons (Fsp3) is 0.571. The Hall–Kier alpha value is -1.28. The number of hydrogen-bond acceptors (Lipinski definition) is 6. The van der Waals surface area contributed by atoms with Crippen LogP contribution >= 0.6 is 0 Å². The van der Waals surface area contributed by atoms with Gasteiger partial charge >= 0.3 is 14.8 Å². The summed E-state index contributed by atoms with van der Waals surface area (Å²) in [5.41, 5.74) is 0.765. The van der Waals surface area contributed by atoms with E-state index in [0.29, 0.717) is 23.6 Å². The minimum Gasteiger partial charge on any atom is -0.462 e. The van der Waals surface area contributed by atoms with Crippen molar-refractivity contribution in [2.24, 2.45) is 0 Å². The summed E-state index contributed by atoms with van der Waals surface area (Å²) in [6.07, 6.45) is 0.508. The van der Waals surface area contributed by atoms with Crippen LogP contribution in [-0.4, -0.2) is 48.0 Å². The van der Waals surface area contributed by atoms with Gasteiger partial charge in [0.25, 0.3) is 0 Å². The van der Waals surface area contributed by atoms with Crippen LogP contribution in [0, 0.1) is 0 Å². The summed E-state index contributed by atoms with van der Waals surface area (Å²) >= 11 is 0. The molecule has 0 rings (SSSR count). The Bertz CT molecular complexity index is 400. The van der Waals surface area contributed by atoms with Crippen LogP contribution < -0.4 is 0 Å². The van der Waals surface area contributed by atoms with Gasteiger partial charge in [-0.3, -0.25) is 4.79 Å². The molecular formula is C14H24O6Si. The lowest BCUT2D eigenvalue weighted by molar-refractivity contribution is -0.139. The number of ether oxygens (including phenoxy) is 1. The molecule has 7 heteroatoms. The van der Waals surface area contributed by atoms with E-state index in [2.05, 4.69) is 13.2 Å². The molecule has 0 bridgehead atoms. The van der Waals surface area contributed by atoms with Gasteiger partial charge in [0.15, 0.2) is 5.78 Å². The molecule has 0 saturated heterocycles. The summed E-state index contributed by atoms with van der Waals surface area (Å²) in [6.45, 7) is 10.3. The van der Waals surface area contributed by atoms with Crippen molar-refractivity contribution in [3.8, 4) is 0 Å². The molecule has 0 fully saturated rings. The predicted molar refractivity (Wildman–Crippen MR) is 80.7 cm³/mol. The van der Waals surface area contributed by atoms with Crippen molar-refractivity contribution in [2.45, 2.75) is 26.3 Å². The maximum absolute atomic E-state index is 11.5. The Kier molecular flexibility index (Phi) is 9.03. The van der Waals surface area contributed by atoms with Gasteiger partial charge in [0.05, 0.1) is 6.61 Å². The van der Waals surface area contributed by atoms with Crippen molar-refractivity contribution in [3.05, 3.63) is 24.3 Å². The highest BCUT2D eigenvalue weighted by Crippen LogP contribution is 2.16. The molecule has 0 atom stereocenters. The van der Waals surface area contributed by atoms with E-state index >= 15 is 0 Å². The fourth-order valence-corrected chi connectivity index (χ4v) is 3.24. The first-order valence-corrected chi connectivity index (χ1v) is 8.46. The number of rotatable bonds is 11. The first-order valence-electron chi connectivity index (χ1n) is 6.53. The number of hydrogen-bond donors (Lipinski definition) is 0. The van der Waals surface area contributed by atoms with Crippen molar-refractivity contribution in [1.29, 1.82) is 0 Å². The maximum Gasteiger partial charge on any atom is 0.500 e. The summed E-state index contributed by atoms with van der Waals surface area (Å²) in [7, 11) is 0.0192. The molecule has 0 N–H and O–H groups in total. The average Bonchev–Trinajstić information content (AvgIpc) is 2.46. The Balaban J connectivity index is 4.33. The molecule has 0 aliphatic carbocycles. The summed E-state index contributed by atoms with van der Waals surface area (Å²) in [4.78, 5) is 22.8. The van der Waals surface area contributed by atoms with Crippen molar-refractivity contribution in [1.82, 2.24) is 0 Å². The highest BCUT2D eigenvalue weighted by molar-refractivity contribution is 6.60. The number of carbonyl (C=O) groups excluding carboxylic acids is 2. The lowest BCUT2D eigenvalue weighted by atomic mass is 10.2. The first-order chi connectivity index (χ1) is 9.78. The summed E-state index contributed by atoms with van der Waals surface area (Å²) in [6, 6.07) is 0.437. The lowest BCUT2D eigenvalue weighted by Gasteiger charge is -2.26. The van der Waals surface area contributed by atoms with Crippen molar-refractivity contribution in [3.63, 3.8) is 0 Å². The van der Waals surface area contributed by atoms with Gasteiger partial charge in [-0.25, -0.2) is 4.79 Å². The smallest absolute Gasteiger partial charge is 0.462 e. The zero-order valence-corrected chi connectivity index (χ0v) is 14.2. The molecule has 0 radical (unpaired) electrons. The van der Waals surface area contributed by atoms with E-state index in [9.17, 15) is 9.59 Å². The summed E-state index contributed by atoms with van der Waals surface area (Å²) in [5.74, 6) is -0.634. The standard InChI is InChI=1S/C14H24O6Si/c1-11(2)13(15)10-20-21(17-5,18-6)9-7-8-19-14(16)12(3)4/h1,3,7-10H2,2,4-6H3. The molecule has 0 aromatic heterocycles. The molecule has 0 aliphatic rings. The van der Waals surface area contributed by atoms with Gasteiger partial charge in [-0.05, 0) is 25.8 Å². The molecule has 0 amide bonds. The largest absolute Gasteiger partial charge is 0.500 e. The molecule has 0 aromatic rings. The second-order valence-corrected chi connectivity index (χ2v) is 7.57. The topological polar surface area (TPSA) is 71.1 Å². The van der Waals surface area contributed by atoms with Crippen LogP contribution in [0.15, 0.2) is 24.3 Å². The third-order valence-electron chi connectivity index (χ3n) is 2.73. The third kappa shape index (κ3) is 7.33. The Morgan fingerprint density at radius 3 is 2.05 bits per heavy atom. The zero-order valence-electron chi connectivity index (χ0n) is 13.2. The van der Waals surface area contributed by atoms with E-state index in [1.807, 2.05) is 0 Å². The van der Waals surface area contributed by atoms with E-state index in [4.69, 9.17) is 18.0 Å². The van der Waals surface area contributed by atoms with Gasteiger partial charge in [-0.15, -0.1) is 0 Å². The average molecular weight is 316 g/mol. The minimum absolute atomic E-state index is 0.130. The van der Waals surface area contributed by atoms with Crippen LogP contribution in [-0.2, 0) is 27.6 Å². The molecular weight excluding hydrogens is 292 g/mol. The predicted octanol–water partition coefficient (Wildman–Crippen LogP) is 1.89. The number of esters is 1. The van der Waals surface area contributed by atoms with Crippen molar-refractivity contribution >= 4 is 20.6 Å². The third-order valence-corrected chi connectivity index (χ3v) is 5.52. The number of ketones is 1. The molecule has 6 nitrogen and oxygen atoms in total. The van der Waals surface area contributed by atoms with Gasteiger partial charge in [-0.1, -0.05) is 13.2 Å². The highest BCUT2D eigenvalue weighted by atomic mass is 28.4. The number of carbonyl (C=O) groups is 2. The van der Waals surface area contributed by atoms with Crippen LogP contribution in [0.3, 0.4) is 0 Å². The Morgan fingerprint density at radius 1 is 1.05 bits per heavy atom. The quantitative estimate of drug-likeness (QED) is 0.251. The van der Waals surface area contributed by atoms with Crippen LogP contribution in [0.4, 0.5) is 0 Å². The number of Topliss-reactive ketones (excluding diaryl/α,β-unsaturated/α-hetero) is 1. The van der Waals surface area contributed by atoms with E-state index in [-0.39, 0.29) is 19.0 Å². The van der Waals surface area contributed by atoms with Gasteiger partial charge in [0.1, 0.15) is 6.61 Å². The summed E-state index contributed by atoms with van der Waals surface area (Å²) < 4.78 is 21.2. The van der Waals surface area contributed by atoms with Crippen molar-refractivity contribution < 1.29 is 27.6 Å². The van der Waals surface area contributed by atoms with E-state index < -0.39 is 14.8 Å². The van der Waals surface area contributed by atoms with Crippen LogP contribution in [0.2, 0.25) is 6.04 Å². The lowest BCUT2D eigenvalue weighted by Crippen LogP contribution is -2.45. The van der Waals surface area contributed by atoms with Crippen LogP contribution in [0.5, 0.6) is 0 Å². The molecule has 120 valence electrons. The summed E-state index contributed by atoms with van der Waals surface area (Å²) in [5, 5.41) is 0. The molecule has 0 unspecified atom stereocenters. The Morgan fingerprint density at radius 2 is 1.62 bits per heavy atom. The monoisotopic (exact) mass is 316 g/mol. The normalized spacial score (nSPS) is 11.0. The molecule has 0 aliphatic heterocycles. The highest BCUT2D eigenvalue weighted by Gasteiger charge is 2.39. The van der Waals surface area contributed by atoms with E-state index in [1.165, 1.54) is 14.2 Å². The van der Waals surface area contributed by atoms with Gasteiger partial charge in [-0.2, -0.15) is 0 Å². The van der Waals surface area contributed by atoms with Gasteiger partial charge in [0, 0.05) is 25.8 Å². The minimum atomic E-state index is -2.93. The fourth-order valence-electron chi connectivity index (χ4n) is 1.35. The van der Waals surface area contributed by atoms with Crippen LogP contribution in [0.1, 0.15) is 20.3 Å². The van der Waals surface area contributed by atoms with Gasteiger partial charge < -0.3 is 18.0 Å². The second kappa shape index (κ2) is 9.62. The first kappa shape index (κ1) is 19.7. The molecule has 0 saturated carbocycles. The second-order valence-electron chi connectivity index (χ2n) is 4.60. The molecule has 0 aromatic carbocycles. The maximum atomic E-state index is 11.5. The zero-order chi connectivity index (χ0) is 16.5. The Labute approximate surface area is 127 Å². The SMILES string of the molecule is C=C(C)C(=O)CO[Si](CCCOC(=O)C(=C)C)(OC)OC. The van der Waals surface area contributed by atoms with E-state index in [0.717, 1.165) is 0 Å². The molecule has 0 heterocycles.